The normalized spacial score (nSPS) is 17.2. The van der Waals surface area contributed by atoms with Crippen molar-refractivity contribution in [1.82, 2.24) is 10.2 Å². The number of hydrogen-bond acceptors (Lipinski definition) is 7. The number of para-hydroxylation sites is 1. The first-order valence-electron chi connectivity index (χ1n) is 15.9. The first kappa shape index (κ1) is 31.0. The van der Waals surface area contributed by atoms with Crippen LogP contribution in [0.5, 0.6) is 0 Å². The average molecular weight is 683 g/mol. The zero-order valence-electron chi connectivity index (χ0n) is 26.2. The monoisotopic (exact) mass is 682 g/mol. The minimum Gasteiger partial charge on any atom is -0.456 e. The van der Waals surface area contributed by atoms with Crippen molar-refractivity contribution in [2.75, 3.05) is 5.75 Å². The van der Waals surface area contributed by atoms with E-state index in [1.807, 2.05) is 133 Å². The topological polar surface area (TPSA) is 88.9 Å². The fraction of sp³-hybridized carbons (Fsp3) is 0.125. The molecule has 3 heterocycles. The number of furan rings is 1. The molecule has 0 aliphatic carbocycles. The van der Waals surface area contributed by atoms with Crippen LogP contribution in [0.15, 0.2) is 153 Å². The number of thioether (sulfide) groups is 2. The van der Waals surface area contributed by atoms with Gasteiger partial charge in [-0.3, -0.25) is 14.5 Å². The fourth-order valence-corrected chi connectivity index (χ4v) is 8.82. The quantitative estimate of drug-likeness (QED) is 0.123. The summed E-state index contributed by atoms with van der Waals surface area (Å²) in [7, 11) is 0. The Labute approximate surface area is 291 Å². The second-order valence-electron chi connectivity index (χ2n) is 11.9. The van der Waals surface area contributed by atoms with Crippen LogP contribution in [0, 0.1) is 0 Å². The third kappa shape index (κ3) is 6.11. The zero-order valence-corrected chi connectivity index (χ0v) is 27.8. The molecule has 8 rings (SSSR count). The summed E-state index contributed by atoms with van der Waals surface area (Å²) in [5, 5.41) is 4.52. The van der Waals surface area contributed by atoms with Gasteiger partial charge in [0, 0.05) is 26.3 Å². The Morgan fingerprint density at radius 1 is 0.816 bits per heavy atom. The van der Waals surface area contributed by atoms with Gasteiger partial charge in [0.05, 0.1) is 6.42 Å². The Balaban J connectivity index is 1.12. The van der Waals surface area contributed by atoms with Crippen molar-refractivity contribution in [3.8, 4) is 0 Å². The van der Waals surface area contributed by atoms with Crippen molar-refractivity contribution in [1.29, 1.82) is 0 Å². The highest BCUT2D eigenvalue weighted by molar-refractivity contribution is 8.06. The van der Waals surface area contributed by atoms with Crippen LogP contribution in [0.1, 0.15) is 22.8 Å². The predicted octanol–water partition coefficient (Wildman–Crippen LogP) is 7.87. The fourth-order valence-electron chi connectivity index (χ4n) is 6.32. The maximum atomic E-state index is 14.4. The standard InChI is InChI=1S/C40H30N2O5S2/c43-34(22-25-12-4-1-5-13-25)41-35-38(44)42-36(40(45)47-37(26-14-6-2-7-15-26)27-16-8-3-9-17-27)33(24-48-39(35)42)49-28-20-21-30-29-18-10-11-19-31(29)46-32(30)23-28/h1-21,23,35,37,39H,22,24H2,(H,41,43)/t35-,39-/m1/s1. The highest BCUT2D eigenvalue weighted by Crippen LogP contribution is 2.46. The molecule has 2 aliphatic heterocycles. The van der Waals surface area contributed by atoms with E-state index >= 15 is 0 Å². The summed E-state index contributed by atoms with van der Waals surface area (Å²) < 4.78 is 12.5. The number of ether oxygens (including phenoxy) is 1. The molecule has 9 heteroatoms. The summed E-state index contributed by atoms with van der Waals surface area (Å²) in [4.78, 5) is 44.3. The van der Waals surface area contributed by atoms with E-state index in [0.29, 0.717) is 10.7 Å². The molecule has 2 amide bonds. The maximum absolute atomic E-state index is 14.4. The van der Waals surface area contributed by atoms with Crippen molar-refractivity contribution in [3.63, 3.8) is 0 Å². The van der Waals surface area contributed by atoms with E-state index in [1.165, 1.54) is 28.4 Å². The van der Waals surface area contributed by atoms with Crippen molar-refractivity contribution in [3.05, 3.63) is 161 Å². The van der Waals surface area contributed by atoms with E-state index in [0.717, 1.165) is 43.5 Å². The van der Waals surface area contributed by atoms with Crippen LogP contribution < -0.4 is 5.32 Å². The van der Waals surface area contributed by atoms with Crippen LogP contribution in [0.2, 0.25) is 0 Å². The summed E-state index contributed by atoms with van der Waals surface area (Å²) in [5.74, 6) is -0.732. The predicted molar refractivity (Wildman–Crippen MR) is 193 cm³/mol. The van der Waals surface area contributed by atoms with E-state index in [-0.39, 0.29) is 23.9 Å². The van der Waals surface area contributed by atoms with E-state index in [4.69, 9.17) is 9.15 Å². The molecule has 242 valence electrons. The van der Waals surface area contributed by atoms with Crippen molar-refractivity contribution in [2.24, 2.45) is 0 Å². The molecule has 0 bridgehead atoms. The van der Waals surface area contributed by atoms with E-state index < -0.39 is 23.5 Å². The van der Waals surface area contributed by atoms with Gasteiger partial charge in [-0.15, -0.1) is 11.8 Å². The number of amides is 2. The summed E-state index contributed by atoms with van der Waals surface area (Å²) >= 11 is 2.94. The van der Waals surface area contributed by atoms with E-state index in [9.17, 15) is 14.4 Å². The molecule has 2 aliphatic rings. The summed E-state index contributed by atoms with van der Waals surface area (Å²) in [5.41, 5.74) is 4.24. The highest BCUT2D eigenvalue weighted by Gasteiger charge is 2.54. The number of fused-ring (bicyclic) bond motifs is 4. The smallest absolute Gasteiger partial charge is 0.356 e. The number of carbonyl (C=O) groups is 3. The Morgan fingerprint density at radius 3 is 2.16 bits per heavy atom. The molecule has 6 aromatic rings. The third-order valence-electron chi connectivity index (χ3n) is 8.67. The number of nitrogens with zero attached hydrogens (tertiary/aromatic N) is 1. The number of rotatable bonds is 9. The second-order valence-corrected chi connectivity index (χ2v) is 14.1. The van der Waals surface area contributed by atoms with Crippen molar-refractivity contribution in [2.45, 2.75) is 28.8 Å². The van der Waals surface area contributed by atoms with Gasteiger partial charge in [0.15, 0.2) is 6.10 Å². The van der Waals surface area contributed by atoms with Crippen molar-refractivity contribution < 1.29 is 23.5 Å². The number of β-lactam (4-membered cyclic amide) rings is 1. The van der Waals surface area contributed by atoms with Crippen LogP contribution in [0.4, 0.5) is 0 Å². The lowest BCUT2D eigenvalue weighted by Gasteiger charge is -2.49. The van der Waals surface area contributed by atoms with Gasteiger partial charge in [0.2, 0.25) is 5.91 Å². The SMILES string of the molecule is O=C(Cc1ccccc1)N[C@@H]1C(=O)N2C(C(=O)OC(c3ccccc3)c3ccccc3)=C(Sc3ccc4c(c3)oc3ccccc34)CS[C@H]12. The number of esters is 1. The van der Waals surface area contributed by atoms with Crippen molar-refractivity contribution >= 4 is 63.2 Å². The molecule has 1 aromatic heterocycles. The first-order valence-corrected chi connectivity index (χ1v) is 17.8. The minimum absolute atomic E-state index is 0.161. The van der Waals surface area contributed by atoms with E-state index in [2.05, 4.69) is 5.32 Å². The molecule has 49 heavy (non-hydrogen) atoms. The van der Waals surface area contributed by atoms with Gasteiger partial charge in [0.1, 0.15) is 28.3 Å². The lowest BCUT2D eigenvalue weighted by atomic mass is 10.0. The van der Waals surface area contributed by atoms with Crippen LogP contribution >= 0.6 is 23.5 Å². The summed E-state index contributed by atoms with van der Waals surface area (Å²) in [6.07, 6.45) is -0.528. The zero-order chi connectivity index (χ0) is 33.3. The molecular weight excluding hydrogens is 653 g/mol. The van der Waals surface area contributed by atoms with Crippen LogP contribution in [-0.2, 0) is 25.5 Å². The third-order valence-corrected chi connectivity index (χ3v) is 11.2. The first-order chi connectivity index (χ1) is 24.0. The lowest BCUT2D eigenvalue weighted by Crippen LogP contribution is -2.70. The van der Waals surface area contributed by atoms with Gasteiger partial charge in [-0.2, -0.15) is 0 Å². The molecule has 0 saturated carbocycles. The lowest BCUT2D eigenvalue weighted by molar-refractivity contribution is -0.154. The largest absolute Gasteiger partial charge is 0.456 e. The molecule has 1 N–H and O–H groups in total. The van der Waals surface area contributed by atoms with Gasteiger partial charge < -0.3 is 14.5 Å². The Bertz CT molecular complexity index is 2180. The number of benzene rings is 5. The van der Waals surface area contributed by atoms with Gasteiger partial charge in [-0.05, 0) is 41.0 Å². The highest BCUT2D eigenvalue weighted by atomic mass is 32.2. The van der Waals surface area contributed by atoms with Gasteiger partial charge >= 0.3 is 5.97 Å². The summed E-state index contributed by atoms with van der Waals surface area (Å²) in [6, 6.07) is 41.7. The molecule has 2 atom stereocenters. The number of hydrogen-bond donors (Lipinski definition) is 1. The van der Waals surface area contributed by atoms with Gasteiger partial charge in [-0.1, -0.05) is 121 Å². The maximum Gasteiger partial charge on any atom is 0.356 e. The molecule has 5 aromatic carbocycles. The van der Waals surface area contributed by atoms with Gasteiger partial charge in [0.25, 0.3) is 5.91 Å². The Kier molecular flexibility index (Phi) is 8.45. The minimum atomic E-state index is -0.749. The Hall–Kier alpha value is -5.25. The molecule has 1 saturated heterocycles. The molecule has 0 radical (unpaired) electrons. The van der Waals surface area contributed by atoms with Crippen LogP contribution in [0.3, 0.4) is 0 Å². The van der Waals surface area contributed by atoms with Gasteiger partial charge in [-0.25, -0.2) is 4.79 Å². The molecular formula is C40H30N2O5S2. The molecule has 1 fully saturated rings. The molecule has 0 unspecified atom stereocenters. The average Bonchev–Trinajstić information content (AvgIpc) is 3.51. The molecule has 7 nitrogen and oxygen atoms in total. The number of nitrogens with one attached hydrogen (secondary N) is 1. The number of carbonyl (C=O) groups excluding carboxylic acids is 3. The van der Waals surface area contributed by atoms with E-state index in [1.54, 1.807) is 0 Å². The summed E-state index contributed by atoms with van der Waals surface area (Å²) in [6.45, 7) is 0. The van der Waals surface area contributed by atoms with Crippen LogP contribution in [0.25, 0.3) is 21.9 Å². The Morgan fingerprint density at radius 2 is 1.45 bits per heavy atom. The second kappa shape index (κ2) is 13.3. The van der Waals surface area contributed by atoms with Crippen LogP contribution in [-0.4, -0.2) is 39.9 Å². The molecule has 0 spiro atoms.